The van der Waals surface area contributed by atoms with E-state index in [-0.39, 0.29) is 0 Å². The van der Waals surface area contributed by atoms with E-state index in [1.807, 2.05) is 0 Å². The molecule has 0 aliphatic heterocycles. The number of halogens is 2. The van der Waals surface area contributed by atoms with Crippen LogP contribution in [0.25, 0.3) is 0 Å². The summed E-state index contributed by atoms with van der Waals surface area (Å²) in [5.74, 6) is 0. The topological polar surface area (TPSA) is 80.7 Å². The molecule has 0 aromatic rings. The van der Waals surface area contributed by atoms with Crippen LogP contribution in [0.2, 0.25) is 0 Å². The van der Waals surface area contributed by atoms with Crippen LogP contribution >= 0.6 is 7.99 Å². The summed E-state index contributed by atoms with van der Waals surface area (Å²) in [5, 5.41) is 0. The van der Waals surface area contributed by atoms with Gasteiger partial charge in [-0.15, -0.1) is 12.4 Å². The summed E-state index contributed by atoms with van der Waals surface area (Å²) >= 11 is 0. The van der Waals surface area contributed by atoms with E-state index >= 15 is 0 Å². The Labute approximate surface area is 49.3 Å². The fraction of sp³-hybridized carbons (Fsp3) is 0. The quantitative estimate of drug-likeness (QED) is 0.505. The molecule has 9 heavy (non-hydrogen) atoms. The van der Waals surface area contributed by atoms with Crippen molar-refractivity contribution in [3.05, 3.63) is 0 Å². The van der Waals surface area contributed by atoms with Gasteiger partial charge < -0.3 is 0 Å². The molecule has 56 valence electrons. The van der Waals surface area contributed by atoms with Gasteiger partial charge in [0.1, 0.15) is 0 Å². The van der Waals surface area contributed by atoms with Crippen LogP contribution in [0.3, 0.4) is 0 Å². The molecular formula is HF2O5PS. The summed E-state index contributed by atoms with van der Waals surface area (Å²) in [6.45, 7) is 0. The van der Waals surface area contributed by atoms with Gasteiger partial charge in [0.25, 0.3) is 0 Å². The van der Waals surface area contributed by atoms with Crippen LogP contribution < -0.4 is 0 Å². The highest BCUT2D eigenvalue weighted by Gasteiger charge is 2.28. The van der Waals surface area contributed by atoms with Crippen molar-refractivity contribution < 1.29 is 29.9 Å². The molecule has 0 aliphatic rings. The van der Waals surface area contributed by atoms with Gasteiger partial charge in [0.15, 0.2) is 0 Å². The van der Waals surface area contributed by atoms with Crippen molar-refractivity contribution in [2.24, 2.45) is 0 Å². The Hall–Kier alpha value is -0.0400. The van der Waals surface area contributed by atoms with Crippen LogP contribution in [0.15, 0.2) is 0 Å². The molecule has 0 bridgehead atoms. The van der Waals surface area contributed by atoms with Crippen molar-refractivity contribution in [3.8, 4) is 0 Å². The SMILES string of the molecule is O=P(F)(F)OS(=O)(=O)O. The van der Waals surface area contributed by atoms with Crippen LogP contribution in [-0.4, -0.2) is 13.0 Å². The van der Waals surface area contributed by atoms with Crippen LogP contribution in [0.1, 0.15) is 0 Å². The Bertz CT molecular complexity index is 221. The Morgan fingerprint density at radius 3 is 1.78 bits per heavy atom. The van der Waals surface area contributed by atoms with E-state index < -0.39 is 18.4 Å². The van der Waals surface area contributed by atoms with Crippen molar-refractivity contribution in [2.75, 3.05) is 0 Å². The highest BCUT2D eigenvalue weighted by Crippen LogP contribution is 2.51. The first-order valence-electron chi connectivity index (χ1n) is 1.39. The summed E-state index contributed by atoms with van der Waals surface area (Å²) in [6, 6.07) is 0. The summed E-state index contributed by atoms with van der Waals surface area (Å²) in [5.41, 5.74) is 0. The molecule has 0 aromatic heterocycles. The van der Waals surface area contributed by atoms with E-state index in [9.17, 15) is 16.8 Å². The minimum atomic E-state index is -6.13. The fourth-order valence-corrected chi connectivity index (χ4v) is 0.987. The lowest BCUT2D eigenvalue weighted by atomic mass is 15.8. The molecule has 0 atom stereocenters. The monoisotopic (exact) mass is 182 g/mol. The van der Waals surface area contributed by atoms with Crippen molar-refractivity contribution in [2.45, 2.75) is 0 Å². The van der Waals surface area contributed by atoms with Crippen LogP contribution in [0, 0.1) is 0 Å². The van der Waals surface area contributed by atoms with Gasteiger partial charge in [-0.2, -0.15) is 8.42 Å². The van der Waals surface area contributed by atoms with E-state index in [1.165, 1.54) is 0 Å². The molecule has 0 amide bonds. The molecule has 0 spiro atoms. The molecule has 0 unspecified atom stereocenters. The Balaban J connectivity index is 4.26. The average molecular weight is 182 g/mol. The Morgan fingerprint density at radius 2 is 1.78 bits per heavy atom. The molecule has 5 nitrogen and oxygen atoms in total. The molecule has 0 saturated carbocycles. The third-order valence-electron chi connectivity index (χ3n) is 0.181. The van der Waals surface area contributed by atoms with Crippen molar-refractivity contribution in [3.63, 3.8) is 0 Å². The summed E-state index contributed by atoms with van der Waals surface area (Å²) in [7, 11) is -11.4. The van der Waals surface area contributed by atoms with Gasteiger partial charge in [-0.25, -0.2) is 4.57 Å². The Kier molecular flexibility index (Phi) is 2.29. The standard InChI is InChI=1S/F2HO5PS/c1-8(2,3)7-9(4,5)6/h(H,4,5,6). The number of hydrogen-bond acceptors (Lipinski definition) is 4. The van der Waals surface area contributed by atoms with Gasteiger partial charge in [0.05, 0.1) is 0 Å². The second-order valence-corrected chi connectivity index (χ2v) is 3.20. The first kappa shape index (κ1) is 8.96. The molecule has 0 aliphatic carbocycles. The summed E-state index contributed by atoms with van der Waals surface area (Å²) < 4.78 is 59.6. The van der Waals surface area contributed by atoms with Crippen molar-refractivity contribution in [1.29, 1.82) is 0 Å². The number of rotatable bonds is 2. The number of hydrogen-bond donors (Lipinski definition) is 1. The fourth-order valence-electron chi connectivity index (χ4n) is 0.110. The molecule has 9 heteroatoms. The zero-order chi connectivity index (χ0) is 7.71. The van der Waals surface area contributed by atoms with Crippen LogP contribution in [-0.2, 0) is 18.9 Å². The lowest BCUT2D eigenvalue weighted by Gasteiger charge is -1.92. The largest absolute Gasteiger partial charge is 0.568 e. The molecule has 0 aromatic carbocycles. The second-order valence-electron chi connectivity index (χ2n) is 0.917. The van der Waals surface area contributed by atoms with Gasteiger partial charge in [0.2, 0.25) is 0 Å². The maximum absolute atomic E-state index is 11.0. The maximum atomic E-state index is 11.0. The molecule has 0 saturated heterocycles. The third kappa shape index (κ3) is 7.96. The molecule has 0 rings (SSSR count). The lowest BCUT2D eigenvalue weighted by Crippen LogP contribution is -1.97. The molecule has 0 fully saturated rings. The zero-order valence-corrected chi connectivity index (χ0v) is 5.40. The van der Waals surface area contributed by atoms with Gasteiger partial charge in [0, 0.05) is 0 Å². The minimum absolute atomic E-state index is 2.38. The molecule has 0 heterocycles. The molecule has 1 N–H and O–H groups in total. The second kappa shape index (κ2) is 2.30. The lowest BCUT2D eigenvalue weighted by molar-refractivity contribution is 0.338. The maximum Gasteiger partial charge on any atom is 0.568 e. The van der Waals surface area contributed by atoms with E-state index in [2.05, 4.69) is 3.97 Å². The first-order chi connectivity index (χ1) is 3.71. The van der Waals surface area contributed by atoms with E-state index in [1.54, 1.807) is 0 Å². The van der Waals surface area contributed by atoms with E-state index in [4.69, 9.17) is 9.12 Å². The highest BCUT2D eigenvalue weighted by atomic mass is 32.3. The van der Waals surface area contributed by atoms with Gasteiger partial charge >= 0.3 is 18.4 Å². The normalized spacial score (nSPS) is 13.7. The van der Waals surface area contributed by atoms with Gasteiger partial charge in [-0.1, -0.05) is 0 Å². The van der Waals surface area contributed by atoms with E-state index in [0.717, 1.165) is 0 Å². The summed E-state index contributed by atoms with van der Waals surface area (Å²) in [6.07, 6.45) is 0. The van der Waals surface area contributed by atoms with Crippen molar-refractivity contribution in [1.82, 2.24) is 0 Å². The predicted molar refractivity (Wildman–Crippen MR) is 22.5 cm³/mol. The van der Waals surface area contributed by atoms with Crippen molar-refractivity contribution >= 4 is 18.4 Å². The van der Waals surface area contributed by atoms with E-state index in [0.29, 0.717) is 0 Å². The first-order valence-corrected chi connectivity index (χ1v) is 4.16. The highest BCUT2D eigenvalue weighted by molar-refractivity contribution is 7.85. The smallest absolute Gasteiger partial charge is 0.263 e. The average Bonchev–Trinajstić information content (AvgIpc) is 1.14. The minimum Gasteiger partial charge on any atom is -0.263 e. The Morgan fingerprint density at radius 1 is 1.44 bits per heavy atom. The zero-order valence-electron chi connectivity index (χ0n) is 3.69. The van der Waals surface area contributed by atoms with Gasteiger partial charge in [-0.3, -0.25) is 4.55 Å². The predicted octanol–water partition coefficient (Wildman–Crippen LogP) is 0.853. The molecule has 0 radical (unpaired) electrons. The summed E-state index contributed by atoms with van der Waals surface area (Å²) in [4.78, 5) is 0. The third-order valence-corrected chi connectivity index (χ3v) is 1.63. The van der Waals surface area contributed by atoms with Crippen LogP contribution in [0.4, 0.5) is 8.39 Å². The molecular weight excluding hydrogens is 181 g/mol. The van der Waals surface area contributed by atoms with Crippen LogP contribution in [0.5, 0.6) is 0 Å². The van der Waals surface area contributed by atoms with Gasteiger partial charge in [-0.05, 0) is 0 Å².